The van der Waals surface area contributed by atoms with E-state index in [1.807, 2.05) is 4.90 Å². The lowest BCUT2D eigenvalue weighted by molar-refractivity contribution is -0.163. The number of hydrogen-bond donors (Lipinski definition) is 0. The summed E-state index contributed by atoms with van der Waals surface area (Å²) in [5.41, 5.74) is 0. The van der Waals surface area contributed by atoms with Gasteiger partial charge in [-0.2, -0.15) is 0 Å². The van der Waals surface area contributed by atoms with Crippen LogP contribution in [0.25, 0.3) is 0 Å². The number of ether oxygens (including phenoxy) is 2. The Morgan fingerprint density at radius 2 is 2.06 bits per heavy atom. The lowest BCUT2D eigenvalue weighted by Gasteiger charge is -2.22. The molecule has 1 atom stereocenters. The molecule has 2 heterocycles. The highest BCUT2D eigenvalue weighted by Gasteiger charge is 2.18. The molecule has 2 aliphatic heterocycles. The summed E-state index contributed by atoms with van der Waals surface area (Å²) in [6.07, 6.45) is 7.08. The van der Waals surface area contributed by atoms with E-state index in [9.17, 15) is 4.79 Å². The minimum atomic E-state index is -0.0226. The third-order valence-corrected chi connectivity index (χ3v) is 3.44. The van der Waals surface area contributed by atoms with Crippen LogP contribution >= 0.6 is 0 Å². The zero-order chi connectivity index (χ0) is 11.9. The fourth-order valence-electron chi connectivity index (χ4n) is 2.41. The van der Waals surface area contributed by atoms with Crippen LogP contribution in [-0.2, 0) is 14.3 Å². The Bertz CT molecular complexity index is 233. The molecule has 0 N–H and O–H groups in total. The van der Waals surface area contributed by atoms with Crippen molar-refractivity contribution in [3.63, 3.8) is 0 Å². The molecule has 17 heavy (non-hydrogen) atoms. The Morgan fingerprint density at radius 3 is 2.76 bits per heavy atom. The van der Waals surface area contributed by atoms with Crippen LogP contribution in [0.2, 0.25) is 0 Å². The molecule has 2 rings (SSSR count). The second-order valence-corrected chi connectivity index (χ2v) is 4.86. The summed E-state index contributed by atoms with van der Waals surface area (Å²) in [7, 11) is 0. The minimum absolute atomic E-state index is 0.0226. The Labute approximate surface area is 103 Å². The molecule has 98 valence electrons. The van der Waals surface area contributed by atoms with Crippen LogP contribution in [0.4, 0.5) is 0 Å². The summed E-state index contributed by atoms with van der Waals surface area (Å²) in [4.78, 5) is 13.7. The summed E-state index contributed by atoms with van der Waals surface area (Å²) in [5.74, 6) is 0.288. The van der Waals surface area contributed by atoms with Gasteiger partial charge in [-0.05, 0) is 38.5 Å². The maximum absolute atomic E-state index is 11.7. The van der Waals surface area contributed by atoms with Crippen LogP contribution in [0.5, 0.6) is 0 Å². The predicted octanol–water partition coefficient (Wildman–Crippen LogP) is 1.93. The number of rotatable bonds is 5. The van der Waals surface area contributed by atoms with Gasteiger partial charge in [0.1, 0.15) is 0 Å². The summed E-state index contributed by atoms with van der Waals surface area (Å²) < 4.78 is 11.1. The highest BCUT2D eigenvalue weighted by atomic mass is 16.7. The maximum Gasteiger partial charge on any atom is 0.222 e. The topological polar surface area (TPSA) is 38.8 Å². The van der Waals surface area contributed by atoms with Crippen molar-refractivity contribution in [3.05, 3.63) is 0 Å². The summed E-state index contributed by atoms with van der Waals surface area (Å²) in [6, 6.07) is 0. The Morgan fingerprint density at radius 1 is 1.24 bits per heavy atom. The van der Waals surface area contributed by atoms with Crippen LogP contribution in [0.3, 0.4) is 0 Å². The van der Waals surface area contributed by atoms with Crippen molar-refractivity contribution in [1.82, 2.24) is 4.90 Å². The molecule has 1 unspecified atom stereocenters. The minimum Gasteiger partial charge on any atom is -0.353 e. The third-order valence-electron chi connectivity index (χ3n) is 3.44. The number of amides is 1. The van der Waals surface area contributed by atoms with Gasteiger partial charge < -0.3 is 14.4 Å². The molecule has 0 aromatic rings. The van der Waals surface area contributed by atoms with Gasteiger partial charge in [-0.1, -0.05) is 0 Å². The van der Waals surface area contributed by atoms with Gasteiger partial charge in [0.15, 0.2) is 6.29 Å². The van der Waals surface area contributed by atoms with E-state index in [2.05, 4.69) is 0 Å². The molecule has 2 aliphatic rings. The van der Waals surface area contributed by atoms with E-state index in [-0.39, 0.29) is 12.2 Å². The Kier molecular flexibility index (Phi) is 5.26. The van der Waals surface area contributed by atoms with Gasteiger partial charge in [-0.3, -0.25) is 4.79 Å². The molecule has 1 amide bonds. The average Bonchev–Trinajstić information content (AvgIpc) is 2.89. The van der Waals surface area contributed by atoms with E-state index in [1.165, 1.54) is 6.42 Å². The largest absolute Gasteiger partial charge is 0.353 e. The second-order valence-electron chi connectivity index (χ2n) is 4.86. The van der Waals surface area contributed by atoms with Crippen LogP contribution in [0.15, 0.2) is 0 Å². The zero-order valence-corrected chi connectivity index (χ0v) is 10.5. The van der Waals surface area contributed by atoms with Crippen LogP contribution in [0, 0.1) is 0 Å². The molecular formula is C13H23NO3. The smallest absolute Gasteiger partial charge is 0.222 e. The standard InChI is InChI=1S/C13H23NO3/c15-12(14-8-2-3-9-14)6-5-11-17-13-7-1-4-10-16-13/h13H,1-11H2. The van der Waals surface area contributed by atoms with E-state index in [1.54, 1.807) is 0 Å². The van der Waals surface area contributed by atoms with Gasteiger partial charge in [0.05, 0.1) is 6.61 Å². The quantitative estimate of drug-likeness (QED) is 0.690. The van der Waals surface area contributed by atoms with Gasteiger partial charge in [0, 0.05) is 26.1 Å². The number of hydrogen-bond acceptors (Lipinski definition) is 3. The van der Waals surface area contributed by atoms with Gasteiger partial charge >= 0.3 is 0 Å². The third kappa shape index (κ3) is 4.28. The lowest BCUT2D eigenvalue weighted by atomic mass is 10.2. The number of likely N-dealkylation sites (tertiary alicyclic amines) is 1. The summed E-state index contributed by atoms with van der Waals surface area (Å²) in [6.45, 7) is 3.36. The molecule has 2 saturated heterocycles. The summed E-state index contributed by atoms with van der Waals surface area (Å²) in [5, 5.41) is 0. The summed E-state index contributed by atoms with van der Waals surface area (Å²) >= 11 is 0. The van der Waals surface area contributed by atoms with Crippen molar-refractivity contribution in [2.45, 2.75) is 51.2 Å². The van der Waals surface area contributed by atoms with Crippen molar-refractivity contribution >= 4 is 5.91 Å². The SMILES string of the molecule is O=C(CCCOC1CCCCO1)N1CCCC1. The fraction of sp³-hybridized carbons (Fsp3) is 0.923. The molecule has 0 bridgehead atoms. The maximum atomic E-state index is 11.7. The average molecular weight is 241 g/mol. The lowest BCUT2D eigenvalue weighted by Crippen LogP contribution is -2.28. The Hall–Kier alpha value is -0.610. The molecule has 0 spiro atoms. The van der Waals surface area contributed by atoms with Gasteiger partial charge in [-0.15, -0.1) is 0 Å². The first-order valence-electron chi connectivity index (χ1n) is 6.87. The Balaban J connectivity index is 1.51. The fourth-order valence-corrected chi connectivity index (χ4v) is 2.41. The molecule has 4 heteroatoms. The monoisotopic (exact) mass is 241 g/mol. The van der Waals surface area contributed by atoms with Crippen molar-refractivity contribution in [3.8, 4) is 0 Å². The molecule has 0 saturated carbocycles. The first-order valence-corrected chi connectivity index (χ1v) is 6.87. The van der Waals surface area contributed by atoms with Crippen LogP contribution in [0.1, 0.15) is 44.9 Å². The highest BCUT2D eigenvalue weighted by Crippen LogP contribution is 2.14. The first-order chi connectivity index (χ1) is 8.36. The van der Waals surface area contributed by atoms with Crippen molar-refractivity contribution in [2.24, 2.45) is 0 Å². The molecule has 0 aromatic heterocycles. The van der Waals surface area contributed by atoms with Crippen molar-refractivity contribution in [1.29, 1.82) is 0 Å². The molecule has 0 aliphatic carbocycles. The van der Waals surface area contributed by atoms with Gasteiger partial charge in [-0.25, -0.2) is 0 Å². The normalized spacial score (nSPS) is 25.2. The van der Waals surface area contributed by atoms with Crippen molar-refractivity contribution < 1.29 is 14.3 Å². The number of nitrogens with zero attached hydrogens (tertiary/aromatic N) is 1. The first kappa shape index (κ1) is 12.8. The van der Waals surface area contributed by atoms with Gasteiger partial charge in [0.25, 0.3) is 0 Å². The van der Waals surface area contributed by atoms with E-state index >= 15 is 0 Å². The molecule has 0 aromatic carbocycles. The molecule has 4 nitrogen and oxygen atoms in total. The highest BCUT2D eigenvalue weighted by molar-refractivity contribution is 5.76. The molecule has 0 radical (unpaired) electrons. The molecular weight excluding hydrogens is 218 g/mol. The van der Waals surface area contributed by atoms with E-state index in [0.717, 1.165) is 51.8 Å². The zero-order valence-electron chi connectivity index (χ0n) is 10.5. The van der Waals surface area contributed by atoms with E-state index < -0.39 is 0 Å². The number of carbonyl (C=O) groups excluding carboxylic acids is 1. The second kappa shape index (κ2) is 6.97. The van der Waals surface area contributed by atoms with Crippen LogP contribution < -0.4 is 0 Å². The van der Waals surface area contributed by atoms with Gasteiger partial charge in [0.2, 0.25) is 5.91 Å². The molecule has 2 fully saturated rings. The van der Waals surface area contributed by atoms with Crippen LogP contribution in [-0.4, -0.2) is 43.4 Å². The predicted molar refractivity (Wildman–Crippen MR) is 64.6 cm³/mol. The van der Waals surface area contributed by atoms with Crippen molar-refractivity contribution in [2.75, 3.05) is 26.3 Å². The number of carbonyl (C=O) groups is 1. The van der Waals surface area contributed by atoms with E-state index in [4.69, 9.17) is 9.47 Å². The van der Waals surface area contributed by atoms with E-state index in [0.29, 0.717) is 13.0 Å².